The molecule has 0 spiro atoms. The highest BCUT2D eigenvalue weighted by Gasteiger charge is 2.30. The van der Waals surface area contributed by atoms with E-state index in [-0.39, 0.29) is 35.4 Å². The van der Waals surface area contributed by atoms with E-state index in [4.69, 9.17) is 9.47 Å². The molecule has 0 saturated heterocycles. The van der Waals surface area contributed by atoms with E-state index in [1.807, 2.05) is 12.2 Å². The molecule has 1 aliphatic heterocycles. The Balaban J connectivity index is 2.36. The molecule has 1 aromatic carbocycles. The van der Waals surface area contributed by atoms with Gasteiger partial charge in [-0.05, 0) is 43.9 Å². The normalized spacial score (nSPS) is 26.5. The lowest BCUT2D eigenvalue weighted by Gasteiger charge is -2.29. The van der Waals surface area contributed by atoms with Crippen molar-refractivity contribution in [3.8, 4) is 11.5 Å². The smallest absolute Gasteiger partial charge is 0.328 e. The lowest BCUT2D eigenvalue weighted by Crippen LogP contribution is -2.44. The summed E-state index contributed by atoms with van der Waals surface area (Å²) in [6.07, 6.45) is 11.3. The number of fused-ring (bicyclic) bond motifs is 2. The quantitative estimate of drug-likeness (QED) is 0.144. The molecule has 236 valence electrons. The van der Waals surface area contributed by atoms with Crippen molar-refractivity contribution in [1.29, 1.82) is 0 Å². The second kappa shape index (κ2) is 17.3. The third kappa shape index (κ3) is 11.4. The molecule has 1 aliphatic rings. The average Bonchev–Trinajstić information content (AvgIpc) is 2.95. The summed E-state index contributed by atoms with van der Waals surface area (Å²) in [6.45, 7) is 8.59. The lowest BCUT2D eigenvalue weighted by molar-refractivity contribution is -0.156. The summed E-state index contributed by atoms with van der Waals surface area (Å²) >= 11 is 0. The van der Waals surface area contributed by atoms with Gasteiger partial charge < -0.3 is 35.4 Å². The SMILES string of the molecule is CO[C@H]1\C=C/C=C/C=C/C[C@H](OC(=O)[C@@H](C)NC(=O)C(C)C)[C@@H](C)[C@@H](O)/C(C)=C\CCc2cc(O)cc(c2O)NC(=O)C1. The first-order valence-corrected chi connectivity index (χ1v) is 14.6. The summed E-state index contributed by atoms with van der Waals surface area (Å²) in [4.78, 5) is 37.6. The van der Waals surface area contributed by atoms with Crippen LogP contribution in [-0.2, 0) is 30.3 Å². The van der Waals surface area contributed by atoms with E-state index in [2.05, 4.69) is 10.6 Å². The summed E-state index contributed by atoms with van der Waals surface area (Å²) < 4.78 is 11.2. The summed E-state index contributed by atoms with van der Waals surface area (Å²) in [5, 5.41) is 37.5. The van der Waals surface area contributed by atoms with Crippen LogP contribution in [0.2, 0.25) is 0 Å². The van der Waals surface area contributed by atoms with E-state index in [9.17, 15) is 29.7 Å². The molecule has 2 amide bonds. The molecule has 5 N–H and O–H groups in total. The maximum absolute atomic E-state index is 12.9. The minimum Gasteiger partial charge on any atom is -0.508 e. The number of methoxy groups -OCH3 is 1. The number of benzene rings is 1. The number of carbonyl (C=O) groups is 3. The van der Waals surface area contributed by atoms with Gasteiger partial charge in [0.15, 0.2) is 0 Å². The van der Waals surface area contributed by atoms with Crippen molar-refractivity contribution < 1.29 is 39.2 Å². The van der Waals surface area contributed by atoms with E-state index < -0.39 is 42.1 Å². The lowest BCUT2D eigenvalue weighted by atomic mass is 9.90. The first-order chi connectivity index (χ1) is 20.3. The molecule has 0 aliphatic carbocycles. The number of allylic oxidation sites excluding steroid dienone is 5. The van der Waals surface area contributed by atoms with E-state index in [0.717, 1.165) is 0 Å². The van der Waals surface area contributed by atoms with Gasteiger partial charge in [0, 0.05) is 31.4 Å². The number of aryl methyl sites for hydroxylation is 1. The van der Waals surface area contributed by atoms with Gasteiger partial charge in [-0.15, -0.1) is 0 Å². The summed E-state index contributed by atoms with van der Waals surface area (Å²) in [6, 6.07) is 1.85. The monoisotopic (exact) mass is 598 g/mol. The maximum Gasteiger partial charge on any atom is 0.328 e. The van der Waals surface area contributed by atoms with Crippen LogP contribution in [0.25, 0.3) is 0 Å². The van der Waals surface area contributed by atoms with Crippen LogP contribution in [-0.4, -0.2) is 64.6 Å². The number of hydrogen-bond acceptors (Lipinski definition) is 8. The number of hydrogen-bond donors (Lipinski definition) is 5. The fraction of sp³-hybridized carbons (Fsp3) is 0.485. The minimum atomic E-state index is -0.946. The van der Waals surface area contributed by atoms with Gasteiger partial charge >= 0.3 is 5.97 Å². The van der Waals surface area contributed by atoms with Crippen LogP contribution in [0.4, 0.5) is 5.69 Å². The standard InChI is InChI=1S/C33H46N2O8/c1-20(2)32(40)34-23(5)33(41)43-28-16-11-9-7-8-10-15-26(42-6)19-29(37)35-27-18-25(36)17-24(31(27)39)14-12-13-21(3)30(38)22(28)4/h7-11,13,15,17-18,20,22-23,26,28,30,36,38-39H,12,14,16,19H2,1-6H3,(H,34,40)(H,35,37)/b8-7+,11-9+,15-10-,21-13-/t22-,23-,26+,28+,30+/m1/s1. The van der Waals surface area contributed by atoms with Crippen LogP contribution in [0.15, 0.2) is 60.2 Å². The topological polar surface area (TPSA) is 154 Å². The van der Waals surface area contributed by atoms with Crippen molar-refractivity contribution >= 4 is 23.5 Å². The van der Waals surface area contributed by atoms with Gasteiger partial charge in [-0.3, -0.25) is 9.59 Å². The number of carbonyl (C=O) groups excluding carboxylic acids is 3. The molecule has 5 atom stereocenters. The maximum atomic E-state index is 12.9. The van der Waals surface area contributed by atoms with Crippen molar-refractivity contribution in [2.45, 2.75) is 84.7 Å². The zero-order chi connectivity index (χ0) is 32.1. The Hall–Kier alpha value is -3.89. The number of nitrogens with one attached hydrogen (secondary N) is 2. The number of aromatic hydroxyl groups is 2. The third-order valence-corrected chi connectivity index (χ3v) is 7.24. The number of amides is 2. The van der Waals surface area contributed by atoms with Gasteiger partial charge in [-0.2, -0.15) is 0 Å². The van der Waals surface area contributed by atoms with Gasteiger partial charge in [0.1, 0.15) is 23.6 Å². The predicted molar refractivity (Wildman–Crippen MR) is 165 cm³/mol. The molecular formula is C33H46N2O8. The van der Waals surface area contributed by atoms with E-state index in [0.29, 0.717) is 30.4 Å². The van der Waals surface area contributed by atoms with Gasteiger partial charge in [0.2, 0.25) is 11.8 Å². The second-order valence-electron chi connectivity index (χ2n) is 11.1. The molecule has 0 fully saturated rings. The van der Waals surface area contributed by atoms with Crippen LogP contribution in [0.3, 0.4) is 0 Å². The number of phenolic OH excluding ortho intramolecular Hbond substituents is 2. The Bertz CT molecular complexity index is 1230. The average molecular weight is 599 g/mol. The molecule has 43 heavy (non-hydrogen) atoms. The Morgan fingerprint density at radius 1 is 1.09 bits per heavy atom. The molecular weight excluding hydrogens is 552 g/mol. The van der Waals surface area contributed by atoms with E-state index in [1.165, 1.54) is 19.2 Å². The Labute approximate surface area is 254 Å². The Morgan fingerprint density at radius 3 is 2.47 bits per heavy atom. The first kappa shape index (κ1) is 35.3. The zero-order valence-electron chi connectivity index (χ0n) is 25.9. The predicted octanol–water partition coefficient (Wildman–Crippen LogP) is 4.46. The molecule has 0 radical (unpaired) electrons. The molecule has 2 bridgehead atoms. The van der Waals surface area contributed by atoms with E-state index in [1.54, 1.807) is 65.0 Å². The Kier molecular flexibility index (Phi) is 14.2. The summed E-state index contributed by atoms with van der Waals surface area (Å²) in [5.41, 5.74) is 1.16. The summed E-state index contributed by atoms with van der Waals surface area (Å²) in [5.74, 6) is -2.30. The number of esters is 1. The molecule has 1 aromatic rings. The molecule has 0 aromatic heterocycles. The fourth-order valence-corrected chi connectivity index (χ4v) is 4.44. The number of aliphatic hydroxyl groups excluding tert-OH is 1. The highest BCUT2D eigenvalue weighted by molar-refractivity contribution is 5.93. The molecule has 2 rings (SSSR count). The van der Waals surface area contributed by atoms with Gasteiger partial charge in [0.05, 0.1) is 24.3 Å². The van der Waals surface area contributed by atoms with Crippen LogP contribution in [0.5, 0.6) is 11.5 Å². The van der Waals surface area contributed by atoms with Crippen LogP contribution >= 0.6 is 0 Å². The van der Waals surface area contributed by atoms with Crippen molar-refractivity contribution in [3.05, 3.63) is 65.8 Å². The highest BCUT2D eigenvalue weighted by atomic mass is 16.5. The molecule has 10 nitrogen and oxygen atoms in total. The largest absolute Gasteiger partial charge is 0.508 e. The third-order valence-electron chi connectivity index (χ3n) is 7.24. The number of rotatable bonds is 5. The van der Waals surface area contributed by atoms with Crippen LogP contribution in [0, 0.1) is 11.8 Å². The van der Waals surface area contributed by atoms with Crippen LogP contribution in [0.1, 0.15) is 59.4 Å². The van der Waals surface area contributed by atoms with Crippen molar-refractivity contribution in [2.24, 2.45) is 11.8 Å². The highest BCUT2D eigenvalue weighted by Crippen LogP contribution is 2.34. The number of phenols is 2. The molecule has 1 heterocycles. The molecule has 0 unspecified atom stereocenters. The number of aliphatic hydroxyl groups is 1. The van der Waals surface area contributed by atoms with Crippen molar-refractivity contribution in [1.82, 2.24) is 5.32 Å². The van der Waals surface area contributed by atoms with Gasteiger partial charge in [-0.1, -0.05) is 63.3 Å². The number of ether oxygens (including phenoxy) is 2. The minimum absolute atomic E-state index is 0.0120. The van der Waals surface area contributed by atoms with Gasteiger partial charge in [0.25, 0.3) is 0 Å². The van der Waals surface area contributed by atoms with Crippen molar-refractivity contribution in [3.63, 3.8) is 0 Å². The summed E-state index contributed by atoms with van der Waals surface area (Å²) in [7, 11) is 1.49. The molecule has 0 saturated carbocycles. The van der Waals surface area contributed by atoms with Crippen LogP contribution < -0.4 is 10.6 Å². The van der Waals surface area contributed by atoms with Crippen molar-refractivity contribution in [2.75, 3.05) is 12.4 Å². The fourth-order valence-electron chi connectivity index (χ4n) is 4.44. The first-order valence-electron chi connectivity index (χ1n) is 14.6. The zero-order valence-corrected chi connectivity index (χ0v) is 25.9. The van der Waals surface area contributed by atoms with E-state index >= 15 is 0 Å². The number of anilines is 1. The second-order valence-corrected chi connectivity index (χ2v) is 11.1. The van der Waals surface area contributed by atoms with Gasteiger partial charge in [-0.25, -0.2) is 4.79 Å². The molecule has 10 heteroatoms. The Morgan fingerprint density at radius 2 is 1.79 bits per heavy atom.